The Balaban J connectivity index is 1.62. The summed E-state index contributed by atoms with van der Waals surface area (Å²) in [6.07, 6.45) is 6.33. The lowest BCUT2D eigenvalue weighted by Crippen LogP contribution is -2.48. The van der Waals surface area contributed by atoms with Gasteiger partial charge in [-0.2, -0.15) is 4.31 Å². The van der Waals surface area contributed by atoms with E-state index in [1.165, 1.54) is 10.6 Å². The largest absolute Gasteiger partial charge is 0.368 e. The summed E-state index contributed by atoms with van der Waals surface area (Å²) in [5.74, 6) is 1.16. The van der Waals surface area contributed by atoms with E-state index in [1.54, 1.807) is 24.7 Å². The van der Waals surface area contributed by atoms with Gasteiger partial charge in [-0.05, 0) is 18.2 Å². The van der Waals surface area contributed by atoms with E-state index >= 15 is 0 Å². The molecule has 0 amide bonds. The van der Waals surface area contributed by atoms with Gasteiger partial charge in [0.1, 0.15) is 5.82 Å². The maximum atomic E-state index is 11.5. The number of hydrogen-bond donors (Lipinski definition) is 1. The Kier molecular flexibility index (Phi) is 4.39. The Hall–Kier alpha value is -2.26. The minimum absolute atomic E-state index is 0.495. The summed E-state index contributed by atoms with van der Waals surface area (Å²) in [6.45, 7) is 2.31. The molecule has 0 aromatic carbocycles. The highest BCUT2D eigenvalue weighted by molar-refractivity contribution is 7.88. The van der Waals surface area contributed by atoms with Crippen molar-refractivity contribution in [1.29, 1.82) is 0 Å². The maximum Gasteiger partial charge on any atom is 0.228 e. The predicted molar refractivity (Wildman–Crippen MR) is 88.2 cm³/mol. The SMILES string of the molecule is CS(=O)(=O)N1CCN(c2ccc(Nc3ncccn3)nc2)CC1. The highest BCUT2D eigenvalue weighted by Gasteiger charge is 2.23. The molecule has 3 rings (SSSR count). The first-order valence-corrected chi connectivity index (χ1v) is 9.07. The molecule has 0 atom stereocenters. The minimum atomic E-state index is -3.11. The second-order valence-corrected chi connectivity index (χ2v) is 7.23. The van der Waals surface area contributed by atoms with E-state index in [4.69, 9.17) is 0 Å². The molecule has 1 saturated heterocycles. The summed E-state index contributed by atoms with van der Waals surface area (Å²) in [5, 5.41) is 3.02. The third kappa shape index (κ3) is 3.93. The Morgan fingerprint density at radius 2 is 1.74 bits per heavy atom. The second-order valence-electron chi connectivity index (χ2n) is 5.25. The topological polar surface area (TPSA) is 91.3 Å². The Labute approximate surface area is 135 Å². The molecular formula is C14H18N6O2S. The van der Waals surface area contributed by atoms with Crippen LogP contribution >= 0.6 is 0 Å². The molecule has 8 nitrogen and oxygen atoms in total. The average Bonchev–Trinajstić information content (AvgIpc) is 2.56. The Morgan fingerprint density at radius 3 is 2.30 bits per heavy atom. The van der Waals surface area contributed by atoms with Gasteiger partial charge in [-0.1, -0.05) is 0 Å². The van der Waals surface area contributed by atoms with Crippen LogP contribution in [0.25, 0.3) is 0 Å². The van der Waals surface area contributed by atoms with Gasteiger partial charge in [0.25, 0.3) is 0 Å². The second kappa shape index (κ2) is 6.47. The van der Waals surface area contributed by atoms with Crippen LogP contribution in [0.3, 0.4) is 0 Å². The van der Waals surface area contributed by atoms with Gasteiger partial charge in [0.15, 0.2) is 0 Å². The van der Waals surface area contributed by atoms with E-state index in [1.807, 2.05) is 12.1 Å². The van der Waals surface area contributed by atoms with Gasteiger partial charge >= 0.3 is 0 Å². The lowest BCUT2D eigenvalue weighted by molar-refractivity contribution is 0.388. The summed E-state index contributed by atoms with van der Waals surface area (Å²) in [7, 11) is -3.11. The number of sulfonamides is 1. The van der Waals surface area contributed by atoms with Gasteiger partial charge in [-0.25, -0.2) is 23.4 Å². The van der Waals surface area contributed by atoms with Crippen molar-refractivity contribution in [3.05, 3.63) is 36.8 Å². The maximum absolute atomic E-state index is 11.5. The van der Waals surface area contributed by atoms with Crippen molar-refractivity contribution < 1.29 is 8.42 Å². The lowest BCUT2D eigenvalue weighted by Gasteiger charge is -2.34. The van der Waals surface area contributed by atoms with Gasteiger partial charge < -0.3 is 10.2 Å². The smallest absolute Gasteiger partial charge is 0.228 e. The van der Waals surface area contributed by atoms with Gasteiger partial charge in [-0.15, -0.1) is 0 Å². The number of pyridine rings is 1. The molecule has 0 saturated carbocycles. The summed E-state index contributed by atoms with van der Waals surface area (Å²) < 4.78 is 24.5. The number of rotatable bonds is 4. The standard InChI is InChI=1S/C14H18N6O2S/c1-23(21,22)20-9-7-19(8-10-20)12-3-4-13(17-11-12)18-14-15-5-2-6-16-14/h2-6,11H,7-10H2,1H3,(H,15,16,17,18). The zero-order valence-electron chi connectivity index (χ0n) is 12.8. The van der Waals surface area contributed by atoms with Crippen LogP contribution in [-0.4, -0.2) is 60.1 Å². The van der Waals surface area contributed by atoms with E-state index in [0.717, 1.165) is 5.69 Å². The Bertz CT molecular complexity index is 743. The monoisotopic (exact) mass is 334 g/mol. The molecule has 0 spiro atoms. The molecular weight excluding hydrogens is 316 g/mol. The van der Waals surface area contributed by atoms with Gasteiger partial charge in [-0.3, -0.25) is 0 Å². The zero-order valence-corrected chi connectivity index (χ0v) is 13.6. The van der Waals surface area contributed by atoms with Crippen LogP contribution in [0.4, 0.5) is 17.5 Å². The number of anilines is 3. The third-order valence-corrected chi connectivity index (χ3v) is 4.93. The van der Waals surface area contributed by atoms with Crippen molar-refractivity contribution in [1.82, 2.24) is 19.3 Å². The van der Waals surface area contributed by atoms with Crippen LogP contribution < -0.4 is 10.2 Å². The molecule has 1 aliphatic rings. The van der Waals surface area contributed by atoms with Crippen molar-refractivity contribution in [3.8, 4) is 0 Å². The van der Waals surface area contributed by atoms with Crippen molar-refractivity contribution in [2.75, 3.05) is 42.7 Å². The summed E-state index contributed by atoms with van der Waals surface area (Å²) >= 11 is 0. The zero-order chi connectivity index (χ0) is 16.3. The fraction of sp³-hybridized carbons (Fsp3) is 0.357. The molecule has 9 heteroatoms. The molecule has 2 aromatic heterocycles. The third-order valence-electron chi connectivity index (χ3n) is 3.63. The number of aromatic nitrogens is 3. The van der Waals surface area contributed by atoms with Crippen molar-refractivity contribution >= 4 is 27.5 Å². The molecule has 3 heterocycles. The fourth-order valence-corrected chi connectivity index (χ4v) is 3.23. The number of nitrogens with one attached hydrogen (secondary N) is 1. The summed E-state index contributed by atoms with van der Waals surface area (Å²) in [5.41, 5.74) is 0.970. The summed E-state index contributed by atoms with van der Waals surface area (Å²) in [6, 6.07) is 5.56. The highest BCUT2D eigenvalue weighted by atomic mass is 32.2. The fourth-order valence-electron chi connectivity index (χ4n) is 2.40. The first kappa shape index (κ1) is 15.6. The van der Waals surface area contributed by atoms with Crippen LogP contribution in [0.2, 0.25) is 0 Å². The molecule has 1 N–H and O–H groups in total. The lowest BCUT2D eigenvalue weighted by atomic mass is 10.3. The Morgan fingerprint density at radius 1 is 1.04 bits per heavy atom. The van der Waals surface area contributed by atoms with Crippen molar-refractivity contribution in [2.45, 2.75) is 0 Å². The normalized spacial score (nSPS) is 16.3. The quantitative estimate of drug-likeness (QED) is 0.880. The molecule has 0 aliphatic carbocycles. The van der Waals surface area contributed by atoms with Crippen LogP contribution in [0, 0.1) is 0 Å². The molecule has 0 radical (unpaired) electrons. The molecule has 23 heavy (non-hydrogen) atoms. The molecule has 122 valence electrons. The number of piperazine rings is 1. The number of nitrogens with zero attached hydrogens (tertiary/aromatic N) is 5. The van der Waals surface area contributed by atoms with E-state index in [0.29, 0.717) is 37.9 Å². The van der Waals surface area contributed by atoms with E-state index in [9.17, 15) is 8.42 Å². The van der Waals surface area contributed by atoms with Gasteiger partial charge in [0.05, 0.1) is 18.1 Å². The molecule has 1 fully saturated rings. The molecule has 0 bridgehead atoms. The molecule has 2 aromatic rings. The van der Waals surface area contributed by atoms with Gasteiger partial charge in [0.2, 0.25) is 16.0 Å². The van der Waals surface area contributed by atoms with Crippen molar-refractivity contribution in [3.63, 3.8) is 0 Å². The van der Waals surface area contributed by atoms with Crippen molar-refractivity contribution in [2.24, 2.45) is 0 Å². The molecule has 0 unspecified atom stereocenters. The first-order chi connectivity index (χ1) is 11.0. The molecule has 1 aliphatic heterocycles. The van der Waals surface area contributed by atoms with Crippen LogP contribution in [-0.2, 0) is 10.0 Å². The minimum Gasteiger partial charge on any atom is -0.368 e. The first-order valence-electron chi connectivity index (χ1n) is 7.22. The van der Waals surface area contributed by atoms with E-state index in [-0.39, 0.29) is 0 Å². The predicted octanol–water partition coefficient (Wildman–Crippen LogP) is 0.697. The van der Waals surface area contributed by atoms with Gasteiger partial charge in [0, 0.05) is 38.6 Å². The van der Waals surface area contributed by atoms with Crippen LogP contribution in [0.5, 0.6) is 0 Å². The van der Waals surface area contributed by atoms with Crippen LogP contribution in [0.1, 0.15) is 0 Å². The summed E-state index contributed by atoms with van der Waals surface area (Å²) in [4.78, 5) is 14.6. The van der Waals surface area contributed by atoms with E-state index < -0.39 is 10.0 Å². The van der Waals surface area contributed by atoms with E-state index in [2.05, 4.69) is 25.2 Å². The highest BCUT2D eigenvalue weighted by Crippen LogP contribution is 2.19. The average molecular weight is 334 g/mol. The van der Waals surface area contributed by atoms with Crippen LogP contribution in [0.15, 0.2) is 36.8 Å². The number of hydrogen-bond acceptors (Lipinski definition) is 7.